The van der Waals surface area contributed by atoms with Gasteiger partial charge in [-0.05, 0) is 43.4 Å². The lowest BCUT2D eigenvalue weighted by atomic mass is 9.48. The first-order chi connectivity index (χ1) is 12.3. The maximum Gasteiger partial charge on any atom is 0.303 e. The Labute approximate surface area is 154 Å². The number of hydrogen-bond acceptors (Lipinski definition) is 6. The molecule has 8 atom stereocenters. The summed E-state index contributed by atoms with van der Waals surface area (Å²) in [6, 6.07) is 0. The molecule has 146 valence electrons. The molecule has 1 heterocycles. The van der Waals surface area contributed by atoms with E-state index in [-0.39, 0.29) is 48.6 Å². The lowest BCUT2D eigenvalue weighted by Crippen LogP contribution is -2.60. The van der Waals surface area contributed by atoms with Gasteiger partial charge in [-0.3, -0.25) is 4.79 Å². The molecule has 0 aromatic heterocycles. The predicted molar refractivity (Wildman–Crippen MR) is 93.1 cm³/mol. The Kier molecular flexibility index (Phi) is 4.46. The van der Waals surface area contributed by atoms with Crippen molar-refractivity contribution in [2.24, 2.45) is 22.7 Å². The summed E-state index contributed by atoms with van der Waals surface area (Å²) in [5.74, 6) is -0.250. The van der Waals surface area contributed by atoms with E-state index in [1.54, 1.807) is 0 Å². The zero-order valence-corrected chi connectivity index (χ0v) is 15.6. The van der Waals surface area contributed by atoms with E-state index in [2.05, 4.69) is 6.92 Å². The molecule has 26 heavy (non-hydrogen) atoms. The molecule has 0 radical (unpaired) electrons. The molecule has 6 heteroatoms. The minimum atomic E-state index is -0.666. The lowest BCUT2D eigenvalue weighted by molar-refractivity contribution is -0.165. The van der Waals surface area contributed by atoms with E-state index in [4.69, 9.17) is 9.47 Å². The molecule has 6 nitrogen and oxygen atoms in total. The summed E-state index contributed by atoms with van der Waals surface area (Å²) in [6.45, 7) is 3.78. The standard InChI is InChI=1S/C20H30O6/c1-11(22)26-16-9-25-18-17-14(4-6-20(16,18)10-21)19(2)5-3-13(23)7-12(19)8-15(17)24/h8,13-18,21,23-24H,3-7,9-10H2,1-2H3/t13-,14?,15-,16-,17?,18?,19-,20-/m0/s1. The van der Waals surface area contributed by atoms with E-state index < -0.39 is 17.6 Å². The van der Waals surface area contributed by atoms with Gasteiger partial charge in [0.25, 0.3) is 0 Å². The van der Waals surface area contributed by atoms with Crippen molar-refractivity contribution in [2.75, 3.05) is 13.2 Å². The van der Waals surface area contributed by atoms with Gasteiger partial charge in [0.05, 0.1) is 36.9 Å². The number of fused-ring (bicyclic) bond motifs is 5. The van der Waals surface area contributed by atoms with Crippen molar-refractivity contribution in [1.82, 2.24) is 0 Å². The van der Waals surface area contributed by atoms with Crippen molar-refractivity contribution in [1.29, 1.82) is 0 Å². The van der Waals surface area contributed by atoms with Gasteiger partial charge in [-0.25, -0.2) is 0 Å². The number of hydrogen-bond donors (Lipinski definition) is 3. The van der Waals surface area contributed by atoms with Gasteiger partial charge in [-0.2, -0.15) is 0 Å². The molecule has 0 bridgehead atoms. The van der Waals surface area contributed by atoms with Crippen LogP contribution >= 0.6 is 0 Å². The first-order valence-electron chi connectivity index (χ1n) is 9.79. The number of esters is 1. The fourth-order valence-corrected chi connectivity index (χ4v) is 6.33. The predicted octanol–water partition coefficient (Wildman–Crippen LogP) is 1.17. The largest absolute Gasteiger partial charge is 0.459 e. The quantitative estimate of drug-likeness (QED) is 0.502. The second kappa shape index (κ2) is 6.30. The molecule has 3 fully saturated rings. The SMILES string of the molecule is CC(=O)O[C@H]1COC2C3C(CC[C@@]21CO)[C@@]1(C)CC[C@H](O)CC1=C[C@@H]3O. The van der Waals surface area contributed by atoms with E-state index in [1.165, 1.54) is 6.92 Å². The monoisotopic (exact) mass is 366 g/mol. The van der Waals surface area contributed by atoms with Crippen LogP contribution in [-0.2, 0) is 14.3 Å². The van der Waals surface area contributed by atoms with Gasteiger partial charge in [0, 0.05) is 12.8 Å². The summed E-state index contributed by atoms with van der Waals surface area (Å²) in [4.78, 5) is 11.5. The van der Waals surface area contributed by atoms with Crippen molar-refractivity contribution in [3.8, 4) is 0 Å². The molecule has 0 aromatic rings. The second-order valence-electron chi connectivity index (χ2n) is 8.96. The Morgan fingerprint density at radius 3 is 2.81 bits per heavy atom. The van der Waals surface area contributed by atoms with Crippen LogP contribution in [0.15, 0.2) is 11.6 Å². The Morgan fingerprint density at radius 2 is 2.12 bits per heavy atom. The molecule has 3 unspecified atom stereocenters. The molecule has 2 saturated carbocycles. The third-order valence-corrected chi connectivity index (χ3v) is 7.74. The van der Waals surface area contributed by atoms with E-state index in [9.17, 15) is 20.1 Å². The average molecular weight is 366 g/mol. The highest BCUT2D eigenvalue weighted by Gasteiger charge is 2.64. The van der Waals surface area contributed by atoms with Gasteiger partial charge in [-0.1, -0.05) is 18.6 Å². The van der Waals surface area contributed by atoms with Crippen LogP contribution in [0, 0.1) is 22.7 Å². The Bertz CT molecular complexity index is 617. The van der Waals surface area contributed by atoms with Crippen LogP contribution in [0.5, 0.6) is 0 Å². The van der Waals surface area contributed by atoms with E-state index in [0.29, 0.717) is 12.8 Å². The van der Waals surface area contributed by atoms with Gasteiger partial charge in [0.2, 0.25) is 0 Å². The molecule has 3 N–H and O–H groups in total. The molecule has 4 aliphatic rings. The first-order valence-corrected chi connectivity index (χ1v) is 9.79. The molecule has 0 aromatic carbocycles. The topological polar surface area (TPSA) is 96.2 Å². The third kappa shape index (κ3) is 2.49. The Hall–Kier alpha value is -0.950. The van der Waals surface area contributed by atoms with Crippen LogP contribution in [0.1, 0.15) is 46.0 Å². The fourth-order valence-electron chi connectivity index (χ4n) is 6.33. The molecule has 1 aliphatic heterocycles. The maximum absolute atomic E-state index is 11.5. The zero-order chi connectivity index (χ0) is 18.7. The van der Waals surface area contributed by atoms with Gasteiger partial charge >= 0.3 is 5.97 Å². The molecular weight excluding hydrogens is 336 g/mol. The summed E-state index contributed by atoms with van der Waals surface area (Å²) in [5, 5.41) is 31.2. The minimum absolute atomic E-state index is 0.0480. The van der Waals surface area contributed by atoms with Crippen molar-refractivity contribution in [2.45, 2.75) is 70.4 Å². The number of ether oxygens (including phenoxy) is 2. The maximum atomic E-state index is 11.5. The summed E-state index contributed by atoms with van der Waals surface area (Å²) in [6.07, 6.45) is 4.01. The first kappa shape index (κ1) is 18.4. The van der Waals surface area contributed by atoms with Crippen molar-refractivity contribution < 1.29 is 29.6 Å². The van der Waals surface area contributed by atoms with Gasteiger partial charge in [-0.15, -0.1) is 0 Å². The molecule has 1 saturated heterocycles. The number of carbonyl (C=O) groups is 1. The highest BCUT2D eigenvalue weighted by Crippen LogP contribution is 2.62. The van der Waals surface area contributed by atoms with Crippen LogP contribution < -0.4 is 0 Å². The van der Waals surface area contributed by atoms with Crippen molar-refractivity contribution >= 4 is 5.97 Å². The van der Waals surface area contributed by atoms with E-state index >= 15 is 0 Å². The Balaban J connectivity index is 1.69. The highest BCUT2D eigenvalue weighted by molar-refractivity contribution is 5.66. The highest BCUT2D eigenvalue weighted by atomic mass is 16.6. The summed E-state index contributed by atoms with van der Waals surface area (Å²) in [7, 11) is 0. The minimum Gasteiger partial charge on any atom is -0.459 e. The molecular formula is C20H30O6. The number of carbonyl (C=O) groups excluding carboxylic acids is 1. The summed E-state index contributed by atoms with van der Waals surface area (Å²) in [5.41, 5.74) is 0.480. The fraction of sp³-hybridized carbons (Fsp3) is 0.850. The second-order valence-corrected chi connectivity index (χ2v) is 8.96. The molecule has 3 aliphatic carbocycles. The van der Waals surface area contributed by atoms with Gasteiger partial charge in [0.15, 0.2) is 0 Å². The van der Waals surface area contributed by atoms with E-state index in [1.807, 2.05) is 6.08 Å². The van der Waals surface area contributed by atoms with Gasteiger partial charge < -0.3 is 24.8 Å². The summed E-state index contributed by atoms with van der Waals surface area (Å²) >= 11 is 0. The lowest BCUT2D eigenvalue weighted by Gasteiger charge is -2.58. The average Bonchev–Trinajstić information content (AvgIpc) is 2.95. The number of rotatable bonds is 2. The number of aliphatic hydroxyl groups is 3. The van der Waals surface area contributed by atoms with Gasteiger partial charge in [0.1, 0.15) is 6.10 Å². The number of aliphatic hydroxyl groups excluding tert-OH is 3. The smallest absolute Gasteiger partial charge is 0.303 e. The van der Waals surface area contributed by atoms with Crippen molar-refractivity contribution in [3.05, 3.63) is 11.6 Å². The zero-order valence-electron chi connectivity index (χ0n) is 15.6. The van der Waals surface area contributed by atoms with Crippen LogP contribution in [0.2, 0.25) is 0 Å². The molecule has 4 rings (SSSR count). The Morgan fingerprint density at radius 1 is 1.35 bits per heavy atom. The normalized spacial score (nSPS) is 50.3. The van der Waals surface area contributed by atoms with E-state index in [0.717, 1.165) is 24.8 Å². The molecule has 0 amide bonds. The van der Waals surface area contributed by atoms with Crippen LogP contribution in [0.25, 0.3) is 0 Å². The molecule has 0 spiro atoms. The van der Waals surface area contributed by atoms with Crippen LogP contribution in [0.4, 0.5) is 0 Å². The van der Waals surface area contributed by atoms with Crippen LogP contribution in [0.3, 0.4) is 0 Å². The van der Waals surface area contributed by atoms with Crippen molar-refractivity contribution in [3.63, 3.8) is 0 Å². The summed E-state index contributed by atoms with van der Waals surface area (Å²) < 4.78 is 11.6. The van der Waals surface area contributed by atoms with Crippen LogP contribution in [-0.4, -0.2) is 58.9 Å². The third-order valence-electron chi connectivity index (χ3n) is 7.74.